The zero-order valence-corrected chi connectivity index (χ0v) is 56.4. The summed E-state index contributed by atoms with van der Waals surface area (Å²) in [5.74, 6) is -2.12. The molecule has 17 nitrogen and oxygen atoms in total. The fourth-order valence-corrected chi connectivity index (χ4v) is 11.6. The van der Waals surface area contributed by atoms with Crippen LogP contribution in [-0.4, -0.2) is 96.7 Å². The van der Waals surface area contributed by atoms with Crippen LogP contribution in [0.4, 0.5) is 0 Å². The summed E-state index contributed by atoms with van der Waals surface area (Å²) in [6.07, 6.45) is 46.9. The van der Waals surface area contributed by atoms with E-state index in [1.165, 1.54) is 173 Å². The van der Waals surface area contributed by atoms with Crippen LogP contribution in [0.3, 0.4) is 0 Å². The highest BCUT2D eigenvalue weighted by Crippen LogP contribution is 2.45. The summed E-state index contributed by atoms with van der Waals surface area (Å²) in [6, 6.07) is 0. The van der Waals surface area contributed by atoms with Gasteiger partial charge in [-0.15, -0.1) is 0 Å². The van der Waals surface area contributed by atoms with Gasteiger partial charge in [0.2, 0.25) is 0 Å². The summed E-state index contributed by atoms with van der Waals surface area (Å²) in [7, 11) is -9.89. The van der Waals surface area contributed by atoms with Crippen LogP contribution >= 0.6 is 15.6 Å². The van der Waals surface area contributed by atoms with Gasteiger partial charge in [0.05, 0.1) is 26.4 Å². The van der Waals surface area contributed by atoms with Crippen LogP contribution in [0, 0.1) is 0 Å². The first-order valence-corrected chi connectivity index (χ1v) is 37.8. The average molecular weight is 1260 g/mol. The standard InChI is InChI=1S/C66H128O17P2/c1-5-9-13-17-21-25-29-33-37-41-45-49-53-66(71)83-62(57-77-64(69)51-47-43-39-35-31-27-23-19-15-11-7-3)59-81-85(74,75)79-55-60(67)54-78-84(72,73)80-58-61(82-65(70)52-48-44-40-36-32-28-24-20-16-12-8-4)56-76-63(68)50-46-42-38-34-30-26-22-18-14-10-6-2/h60-62,67H,5-59H2,1-4H3,(H,72,73)(H,74,75)/t60?,61-,62-/m1/s1. The first-order valence-electron chi connectivity index (χ1n) is 34.8. The number of aliphatic hydroxyl groups is 1. The average Bonchev–Trinajstić information content (AvgIpc) is 3.51. The van der Waals surface area contributed by atoms with Crippen molar-refractivity contribution in [1.29, 1.82) is 0 Å². The number of ether oxygens (including phenoxy) is 4. The molecule has 0 fully saturated rings. The topological polar surface area (TPSA) is 237 Å². The fraction of sp³-hybridized carbons (Fsp3) is 0.939. The van der Waals surface area contributed by atoms with E-state index < -0.39 is 97.5 Å². The maximum atomic E-state index is 13.0. The normalized spacial score (nSPS) is 14.1. The van der Waals surface area contributed by atoms with E-state index in [1.54, 1.807) is 0 Å². The molecule has 85 heavy (non-hydrogen) atoms. The maximum absolute atomic E-state index is 13.0. The van der Waals surface area contributed by atoms with Gasteiger partial charge in [0.1, 0.15) is 19.3 Å². The lowest BCUT2D eigenvalue weighted by molar-refractivity contribution is -0.161. The van der Waals surface area contributed by atoms with Crippen molar-refractivity contribution in [1.82, 2.24) is 0 Å². The highest BCUT2D eigenvalue weighted by molar-refractivity contribution is 7.47. The lowest BCUT2D eigenvalue weighted by Crippen LogP contribution is -2.30. The Bertz CT molecular complexity index is 1640. The summed E-state index contributed by atoms with van der Waals surface area (Å²) in [6.45, 7) is 4.91. The van der Waals surface area contributed by atoms with Crippen molar-refractivity contribution in [3.05, 3.63) is 0 Å². The number of carbonyl (C=O) groups is 4. The van der Waals surface area contributed by atoms with E-state index in [4.69, 9.17) is 37.0 Å². The minimum Gasteiger partial charge on any atom is -0.462 e. The Morgan fingerprint density at radius 1 is 0.282 bits per heavy atom. The van der Waals surface area contributed by atoms with Crippen LogP contribution in [0.25, 0.3) is 0 Å². The third-order valence-electron chi connectivity index (χ3n) is 15.4. The van der Waals surface area contributed by atoms with Gasteiger partial charge in [-0.3, -0.25) is 37.3 Å². The van der Waals surface area contributed by atoms with E-state index >= 15 is 0 Å². The van der Waals surface area contributed by atoms with Gasteiger partial charge in [0, 0.05) is 25.7 Å². The van der Waals surface area contributed by atoms with Crippen LogP contribution in [0.2, 0.25) is 0 Å². The van der Waals surface area contributed by atoms with Crippen molar-refractivity contribution < 1.29 is 80.2 Å². The molecular weight excluding hydrogens is 1130 g/mol. The van der Waals surface area contributed by atoms with E-state index in [0.29, 0.717) is 25.7 Å². The van der Waals surface area contributed by atoms with E-state index in [1.807, 2.05) is 0 Å². The molecular formula is C66H128O17P2. The molecule has 0 aliphatic rings. The Morgan fingerprint density at radius 3 is 0.694 bits per heavy atom. The van der Waals surface area contributed by atoms with Crippen LogP contribution in [0.5, 0.6) is 0 Å². The molecule has 0 bridgehead atoms. The molecule has 3 N–H and O–H groups in total. The highest BCUT2D eigenvalue weighted by atomic mass is 31.2. The van der Waals surface area contributed by atoms with E-state index in [9.17, 15) is 43.2 Å². The summed E-state index contributed by atoms with van der Waals surface area (Å²) < 4.78 is 68.1. The van der Waals surface area contributed by atoms with Crippen LogP contribution in [-0.2, 0) is 65.4 Å². The Labute approximate surface area is 517 Å². The second-order valence-corrected chi connectivity index (χ2v) is 26.8. The lowest BCUT2D eigenvalue weighted by atomic mass is 10.0. The number of carbonyl (C=O) groups excluding carboxylic acids is 4. The summed E-state index contributed by atoms with van der Waals surface area (Å²) in [5, 5.41) is 10.6. The molecule has 0 aliphatic heterocycles. The minimum absolute atomic E-state index is 0.108. The number of hydrogen-bond acceptors (Lipinski definition) is 15. The largest absolute Gasteiger partial charge is 0.472 e. The Kier molecular flexibility index (Phi) is 59.6. The molecule has 0 aromatic rings. The lowest BCUT2D eigenvalue weighted by Gasteiger charge is -2.21. The first-order chi connectivity index (χ1) is 41.2. The number of phosphoric acid groups is 2. The van der Waals surface area contributed by atoms with Crippen molar-refractivity contribution in [3.8, 4) is 0 Å². The molecule has 504 valence electrons. The molecule has 0 amide bonds. The predicted octanol–water partition coefficient (Wildman–Crippen LogP) is 18.7. The number of aliphatic hydroxyl groups excluding tert-OH is 1. The second kappa shape index (κ2) is 60.9. The fourth-order valence-electron chi connectivity index (χ4n) is 9.99. The molecule has 0 aromatic carbocycles. The maximum Gasteiger partial charge on any atom is 0.472 e. The van der Waals surface area contributed by atoms with Crippen LogP contribution in [0.15, 0.2) is 0 Å². The van der Waals surface area contributed by atoms with Crippen molar-refractivity contribution in [2.75, 3.05) is 39.6 Å². The number of phosphoric ester groups is 2. The van der Waals surface area contributed by atoms with Gasteiger partial charge in [0.25, 0.3) is 0 Å². The molecule has 19 heteroatoms. The Morgan fingerprint density at radius 2 is 0.471 bits per heavy atom. The van der Waals surface area contributed by atoms with Crippen molar-refractivity contribution in [3.63, 3.8) is 0 Å². The number of unbranched alkanes of at least 4 members (excludes halogenated alkanes) is 41. The van der Waals surface area contributed by atoms with Gasteiger partial charge < -0.3 is 33.8 Å². The molecule has 0 spiro atoms. The van der Waals surface area contributed by atoms with Crippen molar-refractivity contribution in [2.24, 2.45) is 0 Å². The van der Waals surface area contributed by atoms with Gasteiger partial charge >= 0.3 is 39.5 Å². The van der Waals surface area contributed by atoms with Crippen molar-refractivity contribution >= 4 is 39.5 Å². The predicted molar refractivity (Wildman–Crippen MR) is 340 cm³/mol. The summed E-state index contributed by atoms with van der Waals surface area (Å²) >= 11 is 0. The smallest absolute Gasteiger partial charge is 0.462 e. The monoisotopic (exact) mass is 1250 g/mol. The third-order valence-corrected chi connectivity index (χ3v) is 17.3. The van der Waals surface area contributed by atoms with Gasteiger partial charge in [-0.05, 0) is 25.7 Å². The van der Waals surface area contributed by atoms with Gasteiger partial charge in [-0.25, -0.2) is 9.13 Å². The third kappa shape index (κ3) is 60.7. The second-order valence-electron chi connectivity index (χ2n) is 23.9. The molecule has 0 radical (unpaired) electrons. The van der Waals surface area contributed by atoms with E-state index in [0.717, 1.165) is 89.9 Å². The van der Waals surface area contributed by atoms with Gasteiger partial charge in [-0.1, -0.05) is 291 Å². The first kappa shape index (κ1) is 83.1. The van der Waals surface area contributed by atoms with Gasteiger partial charge in [0.15, 0.2) is 12.2 Å². The highest BCUT2D eigenvalue weighted by Gasteiger charge is 2.30. The summed E-state index contributed by atoms with van der Waals surface area (Å²) in [5.41, 5.74) is 0. The van der Waals surface area contributed by atoms with E-state index in [-0.39, 0.29) is 25.7 Å². The van der Waals surface area contributed by atoms with E-state index in [2.05, 4.69) is 27.7 Å². The molecule has 0 saturated heterocycles. The molecule has 0 saturated carbocycles. The summed E-state index contributed by atoms with van der Waals surface area (Å²) in [4.78, 5) is 72.3. The van der Waals surface area contributed by atoms with Crippen LogP contribution in [0.1, 0.15) is 342 Å². The minimum atomic E-state index is -4.94. The van der Waals surface area contributed by atoms with Gasteiger partial charge in [-0.2, -0.15) is 0 Å². The zero-order chi connectivity index (χ0) is 62.6. The number of rotatable bonds is 67. The Balaban J connectivity index is 5.24. The molecule has 0 rings (SSSR count). The molecule has 0 heterocycles. The number of esters is 4. The quantitative estimate of drug-likeness (QED) is 0.0222. The SMILES string of the molecule is CCCCCCCCCCCCCCC(=O)O[C@H](COC(=O)CCCCCCCCCCCCC)COP(=O)(O)OCC(O)COP(=O)(O)OC[C@@H](COC(=O)CCCCCCCCCCCCC)OC(=O)CCCCCCCCCCCCC. The zero-order valence-electron chi connectivity index (χ0n) is 54.6. The molecule has 0 aromatic heterocycles. The molecule has 5 atom stereocenters. The number of hydrogen-bond donors (Lipinski definition) is 3. The molecule has 0 aliphatic carbocycles. The van der Waals surface area contributed by atoms with Crippen LogP contribution < -0.4 is 0 Å². The molecule has 3 unspecified atom stereocenters. The Hall–Kier alpha value is -1.94. The van der Waals surface area contributed by atoms with Crippen molar-refractivity contribution in [2.45, 2.75) is 361 Å².